The first kappa shape index (κ1) is 13.4. The minimum atomic E-state index is -0.971. The van der Waals surface area contributed by atoms with Crippen molar-refractivity contribution in [1.82, 2.24) is 4.98 Å². The zero-order chi connectivity index (χ0) is 14.0. The number of fused-ring (bicyclic) bond motifs is 1. The highest BCUT2D eigenvalue weighted by Crippen LogP contribution is 2.21. The molecule has 0 bridgehead atoms. The summed E-state index contributed by atoms with van der Waals surface area (Å²) >= 11 is 0. The topological polar surface area (TPSA) is 75.4 Å². The van der Waals surface area contributed by atoms with Crippen molar-refractivity contribution in [3.63, 3.8) is 0 Å². The molecule has 0 radical (unpaired) electrons. The fourth-order valence-corrected chi connectivity index (χ4v) is 1.62. The molecule has 0 spiro atoms. The summed E-state index contributed by atoms with van der Waals surface area (Å²) in [6.45, 7) is 7.26. The summed E-state index contributed by atoms with van der Waals surface area (Å²) in [7, 11) is 0. The van der Waals surface area contributed by atoms with Gasteiger partial charge in [0.15, 0.2) is 5.58 Å². The number of anilines is 1. The first-order chi connectivity index (χ1) is 8.97. The van der Waals surface area contributed by atoms with E-state index in [1.165, 1.54) is 12.1 Å². The van der Waals surface area contributed by atoms with E-state index in [-0.39, 0.29) is 5.56 Å². The summed E-state index contributed by atoms with van der Waals surface area (Å²) in [6.07, 6.45) is 0. The van der Waals surface area contributed by atoms with Crippen LogP contribution in [0.4, 0.5) is 6.01 Å². The molecule has 5 nitrogen and oxygen atoms in total. The molecule has 2 rings (SSSR count). The van der Waals surface area contributed by atoms with E-state index in [2.05, 4.69) is 31.1 Å². The van der Waals surface area contributed by atoms with Gasteiger partial charge in [-0.1, -0.05) is 20.8 Å². The molecule has 0 fully saturated rings. The van der Waals surface area contributed by atoms with Crippen LogP contribution >= 0.6 is 0 Å². The molecule has 0 saturated heterocycles. The Balaban J connectivity index is 2.15. The highest BCUT2D eigenvalue weighted by molar-refractivity contribution is 5.92. The van der Waals surface area contributed by atoms with Gasteiger partial charge in [0.05, 0.1) is 5.56 Å². The third-order valence-electron chi connectivity index (χ3n) is 3.35. The summed E-state index contributed by atoms with van der Waals surface area (Å²) in [6, 6.07) is 5.10. The third-order valence-corrected chi connectivity index (χ3v) is 3.35. The van der Waals surface area contributed by atoms with Gasteiger partial charge in [-0.25, -0.2) is 4.79 Å². The molecular weight excluding hydrogens is 244 g/mol. The number of hydrogen-bond acceptors (Lipinski definition) is 4. The fourth-order valence-electron chi connectivity index (χ4n) is 1.62. The van der Waals surface area contributed by atoms with Crippen LogP contribution in [0.5, 0.6) is 0 Å². The van der Waals surface area contributed by atoms with Crippen molar-refractivity contribution in [2.45, 2.75) is 20.8 Å². The van der Waals surface area contributed by atoms with Crippen molar-refractivity contribution < 1.29 is 14.3 Å². The Hall–Kier alpha value is -2.04. The van der Waals surface area contributed by atoms with Crippen LogP contribution in [0.2, 0.25) is 0 Å². The van der Waals surface area contributed by atoms with E-state index < -0.39 is 5.97 Å². The minimum absolute atomic E-state index is 0.200. The van der Waals surface area contributed by atoms with Crippen LogP contribution < -0.4 is 5.32 Å². The molecule has 0 saturated carbocycles. The number of carboxylic acid groups (broad SMARTS) is 1. The van der Waals surface area contributed by atoms with E-state index in [1.54, 1.807) is 6.07 Å². The number of nitrogens with zero attached hydrogens (tertiary/aromatic N) is 1. The van der Waals surface area contributed by atoms with Crippen LogP contribution in [0.15, 0.2) is 22.6 Å². The Labute approximate surface area is 111 Å². The standard InChI is InChI=1S/C14H18N2O3/c1-8(2)9(3)7-15-14-16-11-5-4-10(13(17)18)6-12(11)19-14/h4-6,8-9H,7H2,1-3H3,(H,15,16)(H,17,18). The second-order valence-electron chi connectivity index (χ2n) is 5.11. The lowest BCUT2D eigenvalue weighted by Crippen LogP contribution is -2.16. The maximum Gasteiger partial charge on any atom is 0.335 e. The van der Waals surface area contributed by atoms with Gasteiger partial charge in [-0.05, 0) is 30.0 Å². The van der Waals surface area contributed by atoms with Gasteiger partial charge in [0.25, 0.3) is 6.01 Å². The molecule has 5 heteroatoms. The lowest BCUT2D eigenvalue weighted by Gasteiger charge is -2.14. The number of oxazole rings is 1. The molecule has 1 aromatic heterocycles. The van der Waals surface area contributed by atoms with Gasteiger partial charge >= 0.3 is 5.97 Å². The molecule has 0 aliphatic rings. The summed E-state index contributed by atoms with van der Waals surface area (Å²) in [4.78, 5) is 15.1. The van der Waals surface area contributed by atoms with Crippen LogP contribution in [0, 0.1) is 11.8 Å². The average molecular weight is 262 g/mol. The highest BCUT2D eigenvalue weighted by Gasteiger charge is 2.11. The predicted molar refractivity (Wildman–Crippen MR) is 73.5 cm³/mol. The van der Waals surface area contributed by atoms with Gasteiger partial charge in [-0.2, -0.15) is 4.98 Å². The molecule has 2 aromatic rings. The maximum atomic E-state index is 10.9. The van der Waals surface area contributed by atoms with Gasteiger partial charge < -0.3 is 14.8 Å². The second-order valence-corrected chi connectivity index (χ2v) is 5.11. The van der Waals surface area contributed by atoms with Gasteiger partial charge in [-0.3, -0.25) is 0 Å². The molecule has 102 valence electrons. The van der Waals surface area contributed by atoms with Crippen LogP contribution in [-0.4, -0.2) is 22.6 Å². The highest BCUT2D eigenvalue weighted by atomic mass is 16.4. The smallest absolute Gasteiger partial charge is 0.335 e. The van der Waals surface area contributed by atoms with E-state index in [1.807, 2.05) is 0 Å². The first-order valence-electron chi connectivity index (χ1n) is 6.35. The molecule has 1 unspecified atom stereocenters. The number of aromatic carboxylic acids is 1. The van der Waals surface area contributed by atoms with Gasteiger partial charge in [0.1, 0.15) is 5.52 Å². The van der Waals surface area contributed by atoms with Crippen molar-refractivity contribution in [3.05, 3.63) is 23.8 Å². The molecule has 0 aliphatic carbocycles. The second kappa shape index (κ2) is 5.30. The molecule has 19 heavy (non-hydrogen) atoms. The Morgan fingerprint density at radius 2 is 2.16 bits per heavy atom. The largest absolute Gasteiger partial charge is 0.478 e. The number of benzene rings is 1. The van der Waals surface area contributed by atoms with Crippen LogP contribution in [-0.2, 0) is 0 Å². The number of nitrogens with one attached hydrogen (secondary N) is 1. The van der Waals surface area contributed by atoms with E-state index in [0.29, 0.717) is 29.0 Å². The zero-order valence-electron chi connectivity index (χ0n) is 11.3. The van der Waals surface area contributed by atoms with Crippen molar-refractivity contribution >= 4 is 23.1 Å². The van der Waals surface area contributed by atoms with Gasteiger partial charge in [-0.15, -0.1) is 0 Å². The predicted octanol–water partition coefficient (Wildman–Crippen LogP) is 3.23. The summed E-state index contributed by atoms with van der Waals surface area (Å²) < 4.78 is 5.50. The molecule has 1 heterocycles. The lowest BCUT2D eigenvalue weighted by atomic mass is 9.98. The van der Waals surface area contributed by atoms with Gasteiger partial charge in [0.2, 0.25) is 0 Å². The third kappa shape index (κ3) is 3.05. The SMILES string of the molecule is CC(C)C(C)CNc1nc2ccc(C(=O)O)cc2o1. The number of rotatable bonds is 5. The molecular formula is C14H18N2O3. The minimum Gasteiger partial charge on any atom is -0.478 e. The monoisotopic (exact) mass is 262 g/mol. The Morgan fingerprint density at radius 1 is 1.42 bits per heavy atom. The van der Waals surface area contributed by atoms with Crippen molar-refractivity contribution in [2.24, 2.45) is 11.8 Å². The van der Waals surface area contributed by atoms with Crippen molar-refractivity contribution in [2.75, 3.05) is 11.9 Å². The normalized spacial score (nSPS) is 12.8. The quantitative estimate of drug-likeness (QED) is 0.865. The molecule has 2 N–H and O–H groups in total. The number of carboxylic acids is 1. The van der Waals surface area contributed by atoms with Crippen molar-refractivity contribution in [3.8, 4) is 0 Å². The molecule has 0 amide bonds. The van der Waals surface area contributed by atoms with Crippen LogP contribution in [0.1, 0.15) is 31.1 Å². The number of carbonyl (C=O) groups is 1. The summed E-state index contributed by atoms with van der Waals surface area (Å²) in [5.74, 6) is 0.112. The fraction of sp³-hybridized carbons (Fsp3) is 0.429. The van der Waals surface area contributed by atoms with E-state index in [0.717, 1.165) is 6.54 Å². The van der Waals surface area contributed by atoms with Crippen LogP contribution in [0.25, 0.3) is 11.1 Å². The Morgan fingerprint density at radius 3 is 2.79 bits per heavy atom. The van der Waals surface area contributed by atoms with E-state index in [4.69, 9.17) is 9.52 Å². The average Bonchev–Trinajstić information content (AvgIpc) is 2.77. The van der Waals surface area contributed by atoms with E-state index >= 15 is 0 Å². The Bertz CT molecular complexity index is 589. The van der Waals surface area contributed by atoms with Gasteiger partial charge in [0, 0.05) is 6.54 Å². The number of hydrogen-bond donors (Lipinski definition) is 2. The molecule has 1 aromatic carbocycles. The number of aromatic nitrogens is 1. The lowest BCUT2D eigenvalue weighted by molar-refractivity contribution is 0.0697. The summed E-state index contributed by atoms with van der Waals surface area (Å²) in [5, 5.41) is 12.0. The first-order valence-corrected chi connectivity index (χ1v) is 6.35. The van der Waals surface area contributed by atoms with Crippen LogP contribution in [0.3, 0.4) is 0 Å². The molecule has 0 aliphatic heterocycles. The maximum absolute atomic E-state index is 10.9. The molecule has 1 atom stereocenters. The summed E-state index contributed by atoms with van der Waals surface area (Å²) in [5.41, 5.74) is 1.34. The Kier molecular flexibility index (Phi) is 3.74. The van der Waals surface area contributed by atoms with E-state index in [9.17, 15) is 4.79 Å². The van der Waals surface area contributed by atoms with Crippen molar-refractivity contribution in [1.29, 1.82) is 0 Å². The zero-order valence-corrected chi connectivity index (χ0v) is 11.3.